The van der Waals surface area contributed by atoms with Crippen molar-refractivity contribution in [3.8, 4) is 0 Å². The first-order valence-corrected chi connectivity index (χ1v) is 15.3. The average molecular weight is 559 g/mol. The number of pyridine rings is 1. The molecule has 3 heterocycles. The Morgan fingerprint density at radius 3 is 2.08 bits per heavy atom. The molecule has 0 saturated carbocycles. The second-order valence-electron chi connectivity index (χ2n) is 12.4. The summed E-state index contributed by atoms with van der Waals surface area (Å²) in [6.45, 7) is 18.4. The Morgan fingerprint density at radius 1 is 0.900 bits per heavy atom. The fraction of sp³-hybridized carbons (Fsp3) is 0.406. The van der Waals surface area contributed by atoms with Crippen molar-refractivity contribution in [1.82, 2.24) is 8.96 Å². The highest BCUT2D eigenvalue weighted by atomic mass is 32.2. The molecule has 1 aliphatic heterocycles. The highest BCUT2D eigenvalue weighted by Gasteiger charge is 2.51. The molecule has 0 amide bonds. The maximum atomic E-state index is 13.7. The van der Waals surface area contributed by atoms with E-state index >= 15 is 0 Å². The van der Waals surface area contributed by atoms with Crippen LogP contribution in [0.2, 0.25) is 0 Å². The monoisotopic (exact) mass is 558 g/mol. The second-order valence-corrected chi connectivity index (χ2v) is 14.2. The van der Waals surface area contributed by atoms with Crippen LogP contribution in [0.15, 0.2) is 59.6 Å². The van der Waals surface area contributed by atoms with E-state index in [4.69, 9.17) is 14.3 Å². The van der Waals surface area contributed by atoms with Crippen LogP contribution in [0.25, 0.3) is 11.0 Å². The van der Waals surface area contributed by atoms with E-state index in [2.05, 4.69) is 67.5 Å². The first kappa shape index (κ1) is 28.6. The van der Waals surface area contributed by atoms with E-state index < -0.39 is 28.3 Å². The first-order valence-electron chi connectivity index (χ1n) is 13.9. The van der Waals surface area contributed by atoms with Crippen LogP contribution in [0.5, 0.6) is 0 Å². The fourth-order valence-corrected chi connectivity index (χ4v) is 7.01. The fourth-order valence-electron chi connectivity index (χ4n) is 5.41. The normalized spacial score (nSPS) is 16.8. The van der Waals surface area contributed by atoms with Crippen molar-refractivity contribution in [1.29, 1.82) is 0 Å². The number of rotatable bonds is 6. The van der Waals surface area contributed by atoms with Crippen LogP contribution in [0.1, 0.15) is 81.0 Å². The van der Waals surface area contributed by atoms with Crippen LogP contribution in [-0.4, -0.2) is 35.7 Å². The van der Waals surface area contributed by atoms with Gasteiger partial charge in [0.15, 0.2) is 0 Å². The number of hydrogen-bond acceptors (Lipinski definition) is 5. The third-order valence-electron chi connectivity index (χ3n) is 8.55. The Balaban J connectivity index is 1.52. The predicted molar refractivity (Wildman–Crippen MR) is 162 cm³/mol. The van der Waals surface area contributed by atoms with E-state index in [1.54, 1.807) is 18.3 Å². The van der Waals surface area contributed by atoms with Crippen LogP contribution in [0.3, 0.4) is 0 Å². The molecule has 0 atom stereocenters. The van der Waals surface area contributed by atoms with Gasteiger partial charge in [0, 0.05) is 18.3 Å². The number of hydrogen-bond donors (Lipinski definition) is 0. The summed E-state index contributed by atoms with van der Waals surface area (Å²) >= 11 is 0. The number of benzene rings is 2. The minimum atomic E-state index is -3.77. The maximum Gasteiger partial charge on any atom is 0.494 e. The van der Waals surface area contributed by atoms with Gasteiger partial charge in [0.05, 0.1) is 27.1 Å². The van der Waals surface area contributed by atoms with Crippen LogP contribution >= 0.6 is 0 Å². The van der Waals surface area contributed by atoms with E-state index in [-0.39, 0.29) is 5.92 Å². The summed E-state index contributed by atoms with van der Waals surface area (Å²) in [5, 5.41) is 0. The third kappa shape index (κ3) is 4.80. The molecule has 1 aliphatic rings. The van der Waals surface area contributed by atoms with Gasteiger partial charge in [-0.1, -0.05) is 44.2 Å². The van der Waals surface area contributed by atoms with Crippen LogP contribution in [0, 0.1) is 20.8 Å². The van der Waals surface area contributed by atoms with Crippen LogP contribution in [-0.2, 0) is 25.8 Å². The highest BCUT2D eigenvalue weighted by molar-refractivity contribution is 7.90. The minimum absolute atomic E-state index is 0.112. The lowest BCUT2D eigenvalue weighted by Gasteiger charge is -2.32. The molecule has 1 fully saturated rings. The van der Waals surface area contributed by atoms with Crippen LogP contribution in [0.4, 0.5) is 0 Å². The lowest BCUT2D eigenvalue weighted by molar-refractivity contribution is 0.00578. The summed E-state index contributed by atoms with van der Waals surface area (Å²) in [6, 6.07) is 15.2. The summed E-state index contributed by atoms with van der Waals surface area (Å²) in [7, 11) is -4.18. The summed E-state index contributed by atoms with van der Waals surface area (Å²) in [5.41, 5.74) is 7.58. The maximum absolute atomic E-state index is 13.7. The van der Waals surface area contributed by atoms with E-state index in [9.17, 15) is 8.42 Å². The van der Waals surface area contributed by atoms with E-state index in [1.807, 2.05) is 31.2 Å². The molecule has 5 rings (SSSR count). The van der Waals surface area contributed by atoms with Crippen molar-refractivity contribution in [2.24, 2.45) is 0 Å². The molecule has 0 N–H and O–H groups in total. The molecule has 0 radical (unpaired) electrons. The molecule has 8 heteroatoms. The lowest BCUT2D eigenvalue weighted by Crippen LogP contribution is -2.41. The Bertz CT molecular complexity index is 1680. The van der Waals surface area contributed by atoms with Gasteiger partial charge in [0.25, 0.3) is 10.0 Å². The van der Waals surface area contributed by atoms with E-state index in [0.29, 0.717) is 16.8 Å². The molecule has 0 spiro atoms. The number of aromatic nitrogens is 2. The van der Waals surface area contributed by atoms with Gasteiger partial charge in [0.1, 0.15) is 0 Å². The second kappa shape index (κ2) is 9.86. The molecular weight excluding hydrogens is 519 g/mol. The molecular formula is C32H39BN2O4S. The molecule has 40 heavy (non-hydrogen) atoms. The molecule has 1 saturated heterocycles. The van der Waals surface area contributed by atoms with Gasteiger partial charge in [-0.15, -0.1) is 0 Å². The average Bonchev–Trinajstić information content (AvgIpc) is 3.35. The smallest absolute Gasteiger partial charge is 0.399 e. The number of aryl methyl sites for hydroxylation is 3. The largest absolute Gasteiger partial charge is 0.494 e. The molecule has 0 unspecified atom stereocenters. The minimum Gasteiger partial charge on any atom is -0.399 e. The predicted octanol–water partition coefficient (Wildman–Crippen LogP) is 6.21. The van der Waals surface area contributed by atoms with Crippen molar-refractivity contribution in [3.63, 3.8) is 0 Å². The van der Waals surface area contributed by atoms with Gasteiger partial charge in [-0.2, -0.15) is 0 Å². The van der Waals surface area contributed by atoms with Gasteiger partial charge < -0.3 is 9.31 Å². The molecule has 4 aromatic rings. The molecule has 0 bridgehead atoms. The molecule has 210 valence electrons. The van der Waals surface area contributed by atoms with Gasteiger partial charge in [-0.3, -0.25) is 4.98 Å². The molecule has 0 aliphatic carbocycles. The molecule has 2 aromatic heterocycles. The van der Waals surface area contributed by atoms with Crippen molar-refractivity contribution in [2.45, 2.75) is 90.7 Å². The quantitative estimate of drug-likeness (QED) is 0.263. The summed E-state index contributed by atoms with van der Waals surface area (Å²) < 4.78 is 41.4. The lowest BCUT2D eigenvalue weighted by atomic mass is 9.76. The van der Waals surface area contributed by atoms with Gasteiger partial charge in [-0.25, -0.2) is 12.4 Å². The highest BCUT2D eigenvalue weighted by Crippen LogP contribution is 2.37. The Labute approximate surface area is 238 Å². The van der Waals surface area contributed by atoms with Crippen molar-refractivity contribution in [3.05, 3.63) is 88.2 Å². The van der Waals surface area contributed by atoms with E-state index in [1.165, 1.54) is 9.54 Å². The topological polar surface area (TPSA) is 70.4 Å². The first-order chi connectivity index (χ1) is 18.6. The zero-order valence-corrected chi connectivity index (χ0v) is 25.8. The van der Waals surface area contributed by atoms with Crippen molar-refractivity contribution in [2.75, 3.05) is 0 Å². The Hall–Kier alpha value is -2.94. The molecule has 6 nitrogen and oxygen atoms in total. The SMILES string of the molecule is Cc1ccccc1S(=O)(=O)n1cc(C(C)C)c2nc(Cc3c(C)cc(B4OC(C)(C)C(C)(C)O4)cc3C)ccc21. The summed E-state index contributed by atoms with van der Waals surface area (Å²) in [5.74, 6) is 0.112. The number of fused-ring (bicyclic) bond motifs is 1. The zero-order chi connectivity index (χ0) is 29.2. The van der Waals surface area contributed by atoms with E-state index in [0.717, 1.165) is 38.9 Å². The van der Waals surface area contributed by atoms with Crippen LogP contribution < -0.4 is 5.46 Å². The number of nitrogens with zero attached hydrogens (tertiary/aromatic N) is 2. The van der Waals surface area contributed by atoms with Crippen molar-refractivity contribution >= 4 is 33.6 Å². The van der Waals surface area contributed by atoms with Gasteiger partial charge in [0.2, 0.25) is 0 Å². The summed E-state index contributed by atoms with van der Waals surface area (Å²) in [4.78, 5) is 5.33. The summed E-state index contributed by atoms with van der Waals surface area (Å²) in [6.07, 6.45) is 2.38. The molecule has 2 aromatic carbocycles. The third-order valence-corrected chi connectivity index (χ3v) is 10.4. The standard InChI is InChI=1S/C32H39BN2O4S/c1-20(2)27-19-35(40(36,37)29-13-11-10-12-21(29)3)28-15-14-25(34-30(27)28)18-26-22(4)16-24(17-23(26)5)33-38-31(6,7)32(8,9)39-33/h10-17,19-20H,18H2,1-9H3. The van der Waals surface area contributed by atoms with Crippen molar-refractivity contribution < 1.29 is 17.7 Å². The van der Waals surface area contributed by atoms with Gasteiger partial charge in [-0.05, 0) is 106 Å². The Kier molecular flexibility index (Phi) is 7.05. The Morgan fingerprint density at radius 2 is 1.50 bits per heavy atom. The van der Waals surface area contributed by atoms with Gasteiger partial charge >= 0.3 is 7.12 Å². The zero-order valence-electron chi connectivity index (χ0n) is 25.0.